The summed E-state index contributed by atoms with van der Waals surface area (Å²) in [6.45, 7) is 1.19. The molecular weight excluding hydrogens is 321 g/mol. The van der Waals surface area contributed by atoms with Crippen LogP contribution in [-0.4, -0.2) is 23.9 Å². The van der Waals surface area contributed by atoms with E-state index in [4.69, 9.17) is 0 Å². The van der Waals surface area contributed by atoms with Gasteiger partial charge in [-0.15, -0.1) is 0 Å². The fourth-order valence-corrected chi connectivity index (χ4v) is 1.41. The summed E-state index contributed by atoms with van der Waals surface area (Å²) in [5.74, 6) is -0.810. The van der Waals surface area contributed by atoms with Gasteiger partial charge in [-0.05, 0) is 31.5 Å². The van der Waals surface area contributed by atoms with Crippen LogP contribution < -0.4 is 10.6 Å². The summed E-state index contributed by atoms with van der Waals surface area (Å²) in [5, 5.41) is 2.61. The molecule has 0 saturated heterocycles. The van der Waals surface area contributed by atoms with Gasteiger partial charge in [0.2, 0.25) is 5.54 Å². The van der Waals surface area contributed by atoms with Gasteiger partial charge in [-0.1, -0.05) is 6.07 Å². The van der Waals surface area contributed by atoms with Crippen LogP contribution in [0.25, 0.3) is 0 Å². The molecular formula is C12H11F7N2O. The fourth-order valence-electron chi connectivity index (χ4n) is 1.41. The van der Waals surface area contributed by atoms with E-state index in [1.165, 1.54) is 13.0 Å². The Morgan fingerprint density at radius 2 is 1.55 bits per heavy atom. The molecule has 0 spiro atoms. The minimum Gasteiger partial charge on any atom is -0.316 e. The highest BCUT2D eigenvalue weighted by atomic mass is 19.4. The number of urea groups is 1. The summed E-state index contributed by atoms with van der Waals surface area (Å²) in [6, 6.07) is 1.24. The van der Waals surface area contributed by atoms with E-state index in [2.05, 4.69) is 0 Å². The van der Waals surface area contributed by atoms with Crippen LogP contribution in [-0.2, 0) is 0 Å². The van der Waals surface area contributed by atoms with Crippen LogP contribution in [0.5, 0.6) is 0 Å². The minimum absolute atomic E-state index is 0.203. The maximum Gasteiger partial charge on any atom is 0.420 e. The van der Waals surface area contributed by atoms with E-state index in [-0.39, 0.29) is 18.2 Å². The molecule has 0 radical (unpaired) electrons. The maximum atomic E-state index is 13.0. The molecule has 1 aromatic carbocycles. The fraction of sp³-hybridized carbons (Fsp3) is 0.417. The van der Waals surface area contributed by atoms with Crippen molar-refractivity contribution in [2.75, 3.05) is 5.32 Å². The number of alkyl halides is 6. The number of aryl methyl sites for hydroxylation is 1. The largest absolute Gasteiger partial charge is 0.420 e. The molecule has 2 amide bonds. The first-order valence-electron chi connectivity index (χ1n) is 5.77. The molecule has 0 saturated carbocycles. The van der Waals surface area contributed by atoms with Gasteiger partial charge in [-0.25, -0.2) is 9.18 Å². The second-order valence-corrected chi connectivity index (χ2v) is 4.66. The third kappa shape index (κ3) is 3.60. The van der Waals surface area contributed by atoms with Gasteiger partial charge in [-0.3, -0.25) is 0 Å². The van der Waals surface area contributed by atoms with Crippen molar-refractivity contribution in [3.63, 3.8) is 0 Å². The Labute approximate surface area is 120 Å². The number of nitrogens with one attached hydrogen (secondary N) is 2. The number of carbonyl (C=O) groups is 1. The highest BCUT2D eigenvalue weighted by molar-refractivity contribution is 5.90. The molecule has 22 heavy (non-hydrogen) atoms. The first-order valence-corrected chi connectivity index (χ1v) is 5.77. The van der Waals surface area contributed by atoms with E-state index < -0.39 is 29.7 Å². The van der Waals surface area contributed by atoms with Gasteiger partial charge in [-0.2, -0.15) is 26.3 Å². The lowest BCUT2D eigenvalue weighted by atomic mass is 10.0. The number of benzene rings is 1. The molecule has 124 valence electrons. The van der Waals surface area contributed by atoms with E-state index in [1.807, 2.05) is 0 Å². The number of halogens is 7. The molecule has 0 bridgehead atoms. The Balaban J connectivity index is 3.01. The predicted octanol–water partition coefficient (Wildman–Crippen LogP) is 4.14. The van der Waals surface area contributed by atoms with Crippen molar-refractivity contribution in [3.8, 4) is 0 Å². The van der Waals surface area contributed by atoms with Crippen molar-refractivity contribution >= 4 is 11.7 Å². The number of anilines is 1. The summed E-state index contributed by atoms with van der Waals surface area (Å²) < 4.78 is 88.7. The third-order valence-electron chi connectivity index (χ3n) is 2.95. The topological polar surface area (TPSA) is 41.1 Å². The second-order valence-electron chi connectivity index (χ2n) is 4.66. The van der Waals surface area contributed by atoms with Crippen molar-refractivity contribution in [2.45, 2.75) is 31.7 Å². The molecule has 0 atom stereocenters. The van der Waals surface area contributed by atoms with Gasteiger partial charge < -0.3 is 10.6 Å². The first kappa shape index (κ1) is 18.1. The van der Waals surface area contributed by atoms with Crippen LogP contribution in [0, 0.1) is 12.7 Å². The van der Waals surface area contributed by atoms with Gasteiger partial charge in [0, 0.05) is 5.69 Å². The lowest BCUT2D eigenvalue weighted by Gasteiger charge is -2.34. The van der Waals surface area contributed by atoms with E-state index in [0.717, 1.165) is 17.4 Å². The summed E-state index contributed by atoms with van der Waals surface area (Å²) in [7, 11) is 0. The van der Waals surface area contributed by atoms with Gasteiger partial charge in [0.1, 0.15) is 5.82 Å². The zero-order chi connectivity index (χ0) is 17.3. The minimum atomic E-state index is -5.76. The van der Waals surface area contributed by atoms with Crippen molar-refractivity contribution in [3.05, 3.63) is 29.6 Å². The molecule has 0 unspecified atom stereocenters. The molecule has 10 heteroatoms. The first-order chi connectivity index (χ1) is 9.78. The van der Waals surface area contributed by atoms with Crippen LogP contribution in [0.2, 0.25) is 0 Å². The summed E-state index contributed by atoms with van der Waals surface area (Å²) in [5.41, 5.74) is -4.42. The molecule has 0 heterocycles. The smallest absolute Gasteiger partial charge is 0.316 e. The molecule has 0 aliphatic rings. The van der Waals surface area contributed by atoms with E-state index in [1.54, 1.807) is 5.32 Å². The SMILES string of the molecule is Cc1ccc(F)cc1NC(=O)NC(C)(C(F)(F)F)C(F)(F)F. The normalized spacial score (nSPS) is 13.0. The molecule has 1 rings (SSSR count). The molecule has 0 aliphatic carbocycles. The predicted molar refractivity (Wildman–Crippen MR) is 63.8 cm³/mol. The van der Waals surface area contributed by atoms with Crippen molar-refractivity contribution in [2.24, 2.45) is 0 Å². The van der Waals surface area contributed by atoms with Gasteiger partial charge in [0.05, 0.1) is 0 Å². The Hall–Kier alpha value is -2.00. The molecule has 0 aliphatic heterocycles. The lowest BCUT2D eigenvalue weighted by molar-refractivity contribution is -0.297. The van der Waals surface area contributed by atoms with E-state index in [0.29, 0.717) is 0 Å². The number of hydrogen-bond donors (Lipinski definition) is 2. The molecule has 0 aromatic heterocycles. The van der Waals surface area contributed by atoms with Crippen LogP contribution in [0.1, 0.15) is 12.5 Å². The van der Waals surface area contributed by atoms with E-state index >= 15 is 0 Å². The standard InChI is InChI=1S/C12H11F7N2O/c1-6-3-4-7(13)5-8(6)20-9(22)21-10(2,11(14,15)16)12(17,18)19/h3-5H,1-2H3,(H2,20,21,22). The highest BCUT2D eigenvalue weighted by Crippen LogP contribution is 2.42. The monoisotopic (exact) mass is 332 g/mol. The van der Waals surface area contributed by atoms with Gasteiger partial charge in [0.25, 0.3) is 0 Å². The van der Waals surface area contributed by atoms with Crippen molar-refractivity contribution < 1.29 is 35.5 Å². The summed E-state index contributed by atoms with van der Waals surface area (Å²) >= 11 is 0. The average molecular weight is 332 g/mol. The van der Waals surface area contributed by atoms with Crippen molar-refractivity contribution in [1.82, 2.24) is 5.32 Å². The number of amides is 2. The Bertz CT molecular complexity index is 552. The van der Waals surface area contributed by atoms with Crippen LogP contribution in [0.3, 0.4) is 0 Å². The Morgan fingerprint density at radius 1 is 1.05 bits per heavy atom. The Morgan fingerprint density at radius 3 is 2.00 bits per heavy atom. The lowest BCUT2D eigenvalue weighted by Crippen LogP contribution is -2.66. The quantitative estimate of drug-likeness (QED) is 0.785. The average Bonchev–Trinajstić information content (AvgIpc) is 2.30. The number of hydrogen-bond acceptors (Lipinski definition) is 1. The third-order valence-corrected chi connectivity index (χ3v) is 2.95. The molecule has 1 aromatic rings. The van der Waals surface area contributed by atoms with Crippen molar-refractivity contribution in [1.29, 1.82) is 0 Å². The summed E-state index contributed by atoms with van der Waals surface area (Å²) in [4.78, 5) is 11.4. The number of rotatable bonds is 2. The van der Waals surface area contributed by atoms with Crippen LogP contribution in [0.15, 0.2) is 18.2 Å². The van der Waals surface area contributed by atoms with E-state index in [9.17, 15) is 35.5 Å². The summed E-state index contributed by atoms with van der Waals surface area (Å²) in [6.07, 6.45) is -11.5. The zero-order valence-corrected chi connectivity index (χ0v) is 11.3. The van der Waals surface area contributed by atoms with Gasteiger partial charge in [0.15, 0.2) is 0 Å². The maximum absolute atomic E-state index is 13.0. The molecule has 2 N–H and O–H groups in total. The Kier molecular flexibility index (Phi) is 4.64. The number of carbonyl (C=O) groups excluding carboxylic acids is 1. The van der Waals surface area contributed by atoms with Crippen LogP contribution >= 0.6 is 0 Å². The second kappa shape index (κ2) is 5.65. The molecule has 3 nitrogen and oxygen atoms in total. The van der Waals surface area contributed by atoms with Gasteiger partial charge >= 0.3 is 18.4 Å². The molecule has 0 fully saturated rings. The zero-order valence-electron chi connectivity index (χ0n) is 11.3. The highest BCUT2D eigenvalue weighted by Gasteiger charge is 2.68. The van der Waals surface area contributed by atoms with Crippen LogP contribution in [0.4, 0.5) is 41.2 Å².